The molecule has 0 aliphatic heterocycles. The van der Waals surface area contributed by atoms with Crippen molar-refractivity contribution in [2.24, 2.45) is 0 Å². The zero-order valence-electron chi connectivity index (χ0n) is 9.38. The molecule has 0 spiro atoms. The lowest BCUT2D eigenvalue weighted by molar-refractivity contribution is 0.240. The summed E-state index contributed by atoms with van der Waals surface area (Å²) in [5.74, 6) is 0. The monoisotopic (exact) mass is 244 g/mol. The second-order valence-corrected chi connectivity index (χ2v) is 5.01. The summed E-state index contributed by atoms with van der Waals surface area (Å²) >= 11 is 0. The summed E-state index contributed by atoms with van der Waals surface area (Å²) in [6.07, 6.45) is 0. The summed E-state index contributed by atoms with van der Waals surface area (Å²) in [5, 5.41) is 1.73. The summed E-state index contributed by atoms with van der Waals surface area (Å²) in [4.78, 5) is 0.180. The molecule has 6 heteroatoms. The SMILES string of the molecule is CN(C)NCCOS(=O)(=O)c1ccccc1. The summed E-state index contributed by atoms with van der Waals surface area (Å²) in [6.45, 7) is 0.550. The molecule has 16 heavy (non-hydrogen) atoms. The molecule has 0 aliphatic rings. The molecule has 0 heterocycles. The Kier molecular flexibility index (Phi) is 4.88. The van der Waals surface area contributed by atoms with Crippen LogP contribution in [0.2, 0.25) is 0 Å². The molecular formula is C10H16N2O3S. The van der Waals surface area contributed by atoms with Crippen molar-refractivity contribution in [3.8, 4) is 0 Å². The smallest absolute Gasteiger partial charge is 0.265 e. The molecule has 0 saturated heterocycles. The average molecular weight is 244 g/mol. The van der Waals surface area contributed by atoms with Gasteiger partial charge in [-0.1, -0.05) is 18.2 Å². The van der Waals surface area contributed by atoms with Gasteiger partial charge in [0.2, 0.25) is 0 Å². The van der Waals surface area contributed by atoms with Crippen LogP contribution in [0, 0.1) is 0 Å². The number of hydrogen-bond donors (Lipinski definition) is 1. The van der Waals surface area contributed by atoms with Gasteiger partial charge < -0.3 is 0 Å². The molecule has 0 atom stereocenters. The van der Waals surface area contributed by atoms with Crippen molar-refractivity contribution in [2.75, 3.05) is 27.2 Å². The second kappa shape index (κ2) is 5.95. The minimum Gasteiger partial charge on any atom is -0.265 e. The van der Waals surface area contributed by atoms with Crippen LogP contribution in [0.4, 0.5) is 0 Å². The molecule has 1 N–H and O–H groups in total. The summed E-state index contributed by atoms with van der Waals surface area (Å²) in [6, 6.07) is 8.10. The summed E-state index contributed by atoms with van der Waals surface area (Å²) in [7, 11) is 0.0334. The third-order valence-corrected chi connectivity index (χ3v) is 3.13. The van der Waals surface area contributed by atoms with E-state index in [4.69, 9.17) is 4.18 Å². The predicted octanol–water partition coefficient (Wildman–Crippen LogP) is 0.458. The number of hydrazine groups is 1. The molecule has 0 radical (unpaired) electrons. The topological polar surface area (TPSA) is 58.6 Å². The third-order valence-electron chi connectivity index (χ3n) is 1.80. The van der Waals surface area contributed by atoms with Crippen LogP contribution in [-0.4, -0.2) is 40.7 Å². The molecule has 0 bridgehead atoms. The average Bonchev–Trinajstić information content (AvgIpc) is 2.26. The van der Waals surface area contributed by atoms with Crippen molar-refractivity contribution in [3.63, 3.8) is 0 Å². The van der Waals surface area contributed by atoms with Crippen LogP contribution < -0.4 is 5.43 Å². The Morgan fingerprint density at radius 1 is 1.25 bits per heavy atom. The van der Waals surface area contributed by atoms with Crippen molar-refractivity contribution >= 4 is 10.1 Å². The van der Waals surface area contributed by atoms with Gasteiger partial charge in [-0.3, -0.25) is 14.6 Å². The van der Waals surface area contributed by atoms with E-state index in [2.05, 4.69) is 5.43 Å². The maximum atomic E-state index is 11.6. The molecule has 0 unspecified atom stereocenters. The van der Waals surface area contributed by atoms with E-state index < -0.39 is 10.1 Å². The van der Waals surface area contributed by atoms with E-state index in [9.17, 15) is 8.42 Å². The molecule has 1 aromatic rings. The normalized spacial score (nSPS) is 11.9. The molecule has 0 aromatic heterocycles. The number of rotatable bonds is 6. The van der Waals surface area contributed by atoms with Crippen LogP contribution in [-0.2, 0) is 14.3 Å². The molecular weight excluding hydrogens is 228 g/mol. The van der Waals surface area contributed by atoms with Gasteiger partial charge in [-0.25, -0.2) is 0 Å². The van der Waals surface area contributed by atoms with E-state index >= 15 is 0 Å². The fraction of sp³-hybridized carbons (Fsp3) is 0.400. The van der Waals surface area contributed by atoms with E-state index in [-0.39, 0.29) is 11.5 Å². The molecule has 5 nitrogen and oxygen atoms in total. The van der Waals surface area contributed by atoms with E-state index in [0.29, 0.717) is 6.54 Å². The molecule has 0 fully saturated rings. The highest BCUT2D eigenvalue weighted by molar-refractivity contribution is 7.86. The first-order valence-electron chi connectivity index (χ1n) is 4.88. The Morgan fingerprint density at radius 2 is 1.88 bits per heavy atom. The lowest BCUT2D eigenvalue weighted by Crippen LogP contribution is -2.33. The number of benzene rings is 1. The standard InChI is InChI=1S/C10H16N2O3S/c1-12(2)11-8-9-15-16(13,14)10-6-4-3-5-7-10/h3-7,11H,8-9H2,1-2H3. The highest BCUT2D eigenvalue weighted by atomic mass is 32.2. The Labute approximate surface area is 96.1 Å². The highest BCUT2D eigenvalue weighted by Gasteiger charge is 2.13. The van der Waals surface area contributed by atoms with E-state index in [1.165, 1.54) is 12.1 Å². The minimum absolute atomic E-state index is 0.107. The van der Waals surface area contributed by atoms with Crippen LogP contribution in [0.15, 0.2) is 35.2 Å². The van der Waals surface area contributed by atoms with Gasteiger partial charge in [0.05, 0.1) is 11.5 Å². The van der Waals surface area contributed by atoms with Crippen LogP contribution in [0.3, 0.4) is 0 Å². The molecule has 90 valence electrons. The second-order valence-electron chi connectivity index (χ2n) is 3.39. The maximum absolute atomic E-state index is 11.6. The van der Waals surface area contributed by atoms with Crippen LogP contribution in [0.25, 0.3) is 0 Å². The first kappa shape index (κ1) is 13.1. The van der Waals surface area contributed by atoms with Crippen molar-refractivity contribution in [1.82, 2.24) is 10.4 Å². The zero-order chi connectivity index (χ0) is 12.0. The Bertz CT molecular complexity index is 403. The van der Waals surface area contributed by atoms with Gasteiger partial charge in [0.1, 0.15) is 0 Å². The third kappa shape index (κ3) is 4.28. The van der Waals surface area contributed by atoms with Gasteiger partial charge in [0.15, 0.2) is 0 Å². The lowest BCUT2D eigenvalue weighted by atomic mass is 10.4. The lowest BCUT2D eigenvalue weighted by Gasteiger charge is -2.11. The van der Waals surface area contributed by atoms with Gasteiger partial charge in [-0.2, -0.15) is 8.42 Å². The maximum Gasteiger partial charge on any atom is 0.297 e. The van der Waals surface area contributed by atoms with Crippen LogP contribution in [0.5, 0.6) is 0 Å². The highest BCUT2D eigenvalue weighted by Crippen LogP contribution is 2.10. The fourth-order valence-electron chi connectivity index (χ4n) is 1.08. The van der Waals surface area contributed by atoms with E-state index in [1.54, 1.807) is 23.2 Å². The van der Waals surface area contributed by atoms with Gasteiger partial charge in [-0.15, -0.1) is 0 Å². The number of hydrogen-bond acceptors (Lipinski definition) is 5. The largest absolute Gasteiger partial charge is 0.297 e. The van der Waals surface area contributed by atoms with Crippen molar-refractivity contribution in [2.45, 2.75) is 4.90 Å². The zero-order valence-corrected chi connectivity index (χ0v) is 10.2. The van der Waals surface area contributed by atoms with Gasteiger partial charge in [0, 0.05) is 20.6 Å². The molecule has 1 aromatic carbocycles. The Morgan fingerprint density at radius 3 is 2.44 bits per heavy atom. The van der Waals surface area contributed by atoms with Gasteiger partial charge >= 0.3 is 0 Å². The summed E-state index contributed by atoms with van der Waals surface area (Å²) < 4.78 is 28.1. The van der Waals surface area contributed by atoms with E-state index in [0.717, 1.165) is 0 Å². The first-order chi connectivity index (χ1) is 7.52. The predicted molar refractivity (Wildman–Crippen MR) is 61.3 cm³/mol. The molecule has 0 aliphatic carbocycles. The van der Waals surface area contributed by atoms with Crippen LogP contribution in [0.1, 0.15) is 0 Å². The van der Waals surface area contributed by atoms with Crippen molar-refractivity contribution < 1.29 is 12.6 Å². The number of nitrogens with zero attached hydrogens (tertiary/aromatic N) is 1. The minimum atomic E-state index is -3.62. The first-order valence-corrected chi connectivity index (χ1v) is 6.28. The quantitative estimate of drug-likeness (QED) is 0.447. The molecule has 0 amide bonds. The molecule has 0 saturated carbocycles. The van der Waals surface area contributed by atoms with Gasteiger partial charge in [0.25, 0.3) is 10.1 Å². The van der Waals surface area contributed by atoms with Gasteiger partial charge in [-0.05, 0) is 12.1 Å². The van der Waals surface area contributed by atoms with Crippen LogP contribution >= 0.6 is 0 Å². The van der Waals surface area contributed by atoms with E-state index in [1.807, 2.05) is 14.1 Å². The Balaban J connectivity index is 2.48. The summed E-state index contributed by atoms with van der Waals surface area (Å²) in [5.41, 5.74) is 2.91. The fourth-order valence-corrected chi connectivity index (χ4v) is 2.01. The Hall–Kier alpha value is -0.950. The molecule has 1 rings (SSSR count). The van der Waals surface area contributed by atoms with Crippen molar-refractivity contribution in [1.29, 1.82) is 0 Å². The number of nitrogens with one attached hydrogen (secondary N) is 1. The van der Waals surface area contributed by atoms with Crippen molar-refractivity contribution in [3.05, 3.63) is 30.3 Å².